The molecular weight excluding hydrogens is 320 g/mol. The number of aromatic nitrogens is 1. The van der Waals surface area contributed by atoms with E-state index in [4.69, 9.17) is 10.00 Å². The van der Waals surface area contributed by atoms with Gasteiger partial charge in [-0.2, -0.15) is 5.26 Å². The van der Waals surface area contributed by atoms with Gasteiger partial charge in [-0.15, -0.1) is 11.3 Å². The van der Waals surface area contributed by atoms with E-state index in [0.717, 1.165) is 38.3 Å². The number of pyridine rings is 1. The molecule has 2 atom stereocenters. The number of hydrogen-bond acceptors (Lipinski definition) is 6. The van der Waals surface area contributed by atoms with Crippen molar-refractivity contribution in [2.24, 2.45) is 0 Å². The maximum Gasteiger partial charge on any atom is 0.142 e. The minimum Gasteiger partial charge on any atom is -0.371 e. The Kier molecular flexibility index (Phi) is 4.23. The first kappa shape index (κ1) is 15.6. The first-order valence-electron chi connectivity index (χ1n) is 8.27. The number of nitriles is 1. The lowest BCUT2D eigenvalue weighted by Crippen LogP contribution is -2.33. The van der Waals surface area contributed by atoms with Crippen LogP contribution in [0.1, 0.15) is 23.4 Å². The molecule has 2 aliphatic rings. The smallest absolute Gasteiger partial charge is 0.142 e. The molecule has 0 radical (unpaired) electrons. The Bertz CT molecular complexity index is 742. The van der Waals surface area contributed by atoms with Gasteiger partial charge < -0.3 is 10.1 Å². The van der Waals surface area contributed by atoms with Crippen LogP contribution in [0.2, 0.25) is 0 Å². The molecule has 124 valence electrons. The molecule has 1 N–H and O–H groups in total. The van der Waals surface area contributed by atoms with Crippen molar-refractivity contribution >= 4 is 17.2 Å². The summed E-state index contributed by atoms with van der Waals surface area (Å²) in [7, 11) is 0. The van der Waals surface area contributed by atoms with Crippen LogP contribution < -0.4 is 5.32 Å². The van der Waals surface area contributed by atoms with E-state index in [1.54, 1.807) is 6.07 Å². The average molecular weight is 340 g/mol. The van der Waals surface area contributed by atoms with Crippen molar-refractivity contribution in [2.45, 2.75) is 31.0 Å². The number of rotatable bonds is 4. The second-order valence-corrected chi connectivity index (χ2v) is 7.63. The highest BCUT2D eigenvalue weighted by atomic mass is 32.1. The lowest BCUT2D eigenvalue weighted by atomic mass is 9.97. The molecule has 2 saturated heterocycles. The minimum absolute atomic E-state index is 0.0260. The van der Waals surface area contributed by atoms with Crippen LogP contribution in [0.25, 0.3) is 0 Å². The summed E-state index contributed by atoms with van der Waals surface area (Å²) >= 11 is 1.82. The van der Waals surface area contributed by atoms with Gasteiger partial charge >= 0.3 is 0 Å². The summed E-state index contributed by atoms with van der Waals surface area (Å²) < 4.78 is 6.20. The number of nitrogens with one attached hydrogen (secondary N) is 1. The summed E-state index contributed by atoms with van der Waals surface area (Å²) in [6.07, 6.45) is 2.08. The first-order valence-corrected chi connectivity index (χ1v) is 9.15. The molecule has 0 bridgehead atoms. The highest BCUT2D eigenvalue weighted by Crippen LogP contribution is 2.36. The standard InChI is InChI=1S/C18H20N4OS/c19-10-14-3-1-5-17(20-14)21-15-9-18(23-12-15)6-7-22(13-18)11-16-4-2-8-24-16/h1-5,8,15H,6-7,9,11-13H2,(H,20,21)/t15-,18+/m0/s1. The summed E-state index contributed by atoms with van der Waals surface area (Å²) in [6, 6.07) is 12.1. The molecule has 2 aromatic heterocycles. The van der Waals surface area contributed by atoms with Crippen LogP contribution in [0.5, 0.6) is 0 Å². The Morgan fingerprint density at radius 3 is 3.21 bits per heavy atom. The third kappa shape index (κ3) is 3.29. The lowest BCUT2D eigenvalue weighted by Gasteiger charge is -2.23. The number of likely N-dealkylation sites (tertiary alicyclic amines) is 1. The zero-order chi connectivity index (χ0) is 16.4. The van der Waals surface area contributed by atoms with E-state index in [2.05, 4.69) is 38.8 Å². The third-order valence-corrected chi connectivity index (χ3v) is 5.64. The second-order valence-electron chi connectivity index (χ2n) is 6.60. The minimum atomic E-state index is -0.0260. The molecule has 4 rings (SSSR count). The quantitative estimate of drug-likeness (QED) is 0.927. The van der Waals surface area contributed by atoms with E-state index in [9.17, 15) is 0 Å². The van der Waals surface area contributed by atoms with Gasteiger partial charge in [-0.3, -0.25) is 4.90 Å². The molecule has 5 nitrogen and oxygen atoms in total. The normalized spacial score (nSPS) is 26.7. The molecule has 0 aromatic carbocycles. The fourth-order valence-corrected chi connectivity index (χ4v) is 4.44. The second kappa shape index (κ2) is 6.52. The predicted octanol–water partition coefficient (Wildman–Crippen LogP) is 2.86. The highest BCUT2D eigenvalue weighted by molar-refractivity contribution is 7.09. The van der Waals surface area contributed by atoms with Crippen molar-refractivity contribution in [1.82, 2.24) is 9.88 Å². The van der Waals surface area contributed by atoms with Crippen molar-refractivity contribution < 1.29 is 4.74 Å². The zero-order valence-corrected chi connectivity index (χ0v) is 14.3. The predicted molar refractivity (Wildman–Crippen MR) is 93.9 cm³/mol. The van der Waals surface area contributed by atoms with Crippen LogP contribution >= 0.6 is 11.3 Å². The summed E-state index contributed by atoms with van der Waals surface area (Å²) in [5.41, 5.74) is 0.415. The first-order chi connectivity index (χ1) is 11.7. The van der Waals surface area contributed by atoms with Crippen LogP contribution in [-0.4, -0.2) is 41.2 Å². The van der Waals surface area contributed by atoms with Crippen LogP contribution in [-0.2, 0) is 11.3 Å². The largest absolute Gasteiger partial charge is 0.371 e. The van der Waals surface area contributed by atoms with Crippen molar-refractivity contribution in [3.63, 3.8) is 0 Å². The summed E-state index contributed by atoms with van der Waals surface area (Å²) in [6.45, 7) is 3.81. The Morgan fingerprint density at radius 1 is 1.42 bits per heavy atom. The Labute approximate surface area is 145 Å². The van der Waals surface area contributed by atoms with E-state index in [0.29, 0.717) is 12.3 Å². The van der Waals surface area contributed by atoms with Gasteiger partial charge in [0.05, 0.1) is 18.2 Å². The number of nitrogens with zero attached hydrogens (tertiary/aromatic N) is 3. The van der Waals surface area contributed by atoms with E-state index < -0.39 is 0 Å². The molecule has 0 unspecified atom stereocenters. The summed E-state index contributed by atoms with van der Waals surface area (Å²) in [4.78, 5) is 8.20. The van der Waals surface area contributed by atoms with Crippen molar-refractivity contribution in [1.29, 1.82) is 5.26 Å². The molecule has 2 fully saturated rings. The van der Waals surface area contributed by atoms with Crippen LogP contribution in [0.3, 0.4) is 0 Å². The van der Waals surface area contributed by atoms with Crippen LogP contribution in [0.15, 0.2) is 35.7 Å². The number of hydrogen-bond donors (Lipinski definition) is 1. The Balaban J connectivity index is 1.35. The topological polar surface area (TPSA) is 61.2 Å². The summed E-state index contributed by atoms with van der Waals surface area (Å²) in [5.74, 6) is 0.758. The maximum absolute atomic E-state index is 8.96. The monoisotopic (exact) mass is 340 g/mol. The molecule has 0 aliphatic carbocycles. The van der Waals surface area contributed by atoms with E-state index in [1.807, 2.05) is 23.5 Å². The molecule has 0 saturated carbocycles. The molecule has 2 aliphatic heterocycles. The lowest BCUT2D eigenvalue weighted by molar-refractivity contribution is 0.0120. The fraction of sp³-hybridized carbons (Fsp3) is 0.444. The van der Waals surface area contributed by atoms with E-state index in [-0.39, 0.29) is 11.6 Å². The number of thiophene rings is 1. The van der Waals surface area contributed by atoms with Crippen LogP contribution in [0, 0.1) is 11.3 Å². The Morgan fingerprint density at radius 2 is 2.38 bits per heavy atom. The van der Waals surface area contributed by atoms with Crippen molar-refractivity contribution in [2.75, 3.05) is 25.0 Å². The van der Waals surface area contributed by atoms with Crippen LogP contribution in [0.4, 0.5) is 5.82 Å². The van der Waals surface area contributed by atoms with E-state index >= 15 is 0 Å². The summed E-state index contributed by atoms with van der Waals surface area (Å²) in [5, 5.41) is 14.5. The van der Waals surface area contributed by atoms with Gasteiger partial charge in [-0.05, 0) is 30.0 Å². The maximum atomic E-state index is 8.96. The highest BCUT2D eigenvalue weighted by Gasteiger charge is 2.45. The molecule has 1 spiro atoms. The molecular formula is C18H20N4OS. The molecule has 24 heavy (non-hydrogen) atoms. The SMILES string of the molecule is N#Cc1cccc(N[C@@H]2CO[C@]3(CCN(Cc4cccs4)C3)C2)n1. The van der Waals surface area contributed by atoms with Crippen molar-refractivity contribution in [3.8, 4) is 6.07 Å². The molecule has 6 heteroatoms. The average Bonchev–Trinajstić information content (AvgIpc) is 3.32. The van der Waals surface area contributed by atoms with E-state index in [1.165, 1.54) is 4.88 Å². The van der Waals surface area contributed by atoms with Gasteiger partial charge in [-0.25, -0.2) is 4.98 Å². The van der Waals surface area contributed by atoms with Gasteiger partial charge in [0, 0.05) is 30.9 Å². The zero-order valence-electron chi connectivity index (χ0n) is 13.4. The fourth-order valence-electron chi connectivity index (χ4n) is 3.69. The molecule has 4 heterocycles. The molecule has 2 aromatic rings. The van der Waals surface area contributed by atoms with Gasteiger partial charge in [-0.1, -0.05) is 12.1 Å². The number of anilines is 1. The van der Waals surface area contributed by atoms with Gasteiger partial charge in [0.25, 0.3) is 0 Å². The van der Waals surface area contributed by atoms with Gasteiger partial charge in [0.1, 0.15) is 17.6 Å². The van der Waals surface area contributed by atoms with Gasteiger partial charge in [0.15, 0.2) is 0 Å². The van der Waals surface area contributed by atoms with Crippen molar-refractivity contribution in [3.05, 3.63) is 46.3 Å². The van der Waals surface area contributed by atoms with Gasteiger partial charge in [0.2, 0.25) is 0 Å². The third-order valence-electron chi connectivity index (χ3n) is 4.78. The Hall–Kier alpha value is -1.94. The molecule has 0 amide bonds. The number of ether oxygens (including phenoxy) is 1.